The van der Waals surface area contributed by atoms with Gasteiger partial charge < -0.3 is 5.32 Å². The molecule has 98 valence electrons. The van der Waals surface area contributed by atoms with Crippen LogP contribution in [0.2, 0.25) is 0 Å². The van der Waals surface area contributed by atoms with Crippen molar-refractivity contribution in [2.75, 3.05) is 12.3 Å². The third kappa shape index (κ3) is 7.96. The van der Waals surface area contributed by atoms with E-state index < -0.39 is 10.8 Å². The first kappa shape index (κ1) is 16.2. The number of carbonyl (C=O) groups is 2. The van der Waals surface area contributed by atoms with Gasteiger partial charge in [-0.1, -0.05) is 30.8 Å². The number of thioether (sulfide) groups is 1. The molecule has 0 aromatic rings. The lowest BCUT2D eigenvalue weighted by atomic mass is 10.1. The molecule has 0 saturated heterocycles. The fourth-order valence-corrected chi connectivity index (χ4v) is 1.85. The summed E-state index contributed by atoms with van der Waals surface area (Å²) in [6.07, 6.45) is 4.46. The van der Waals surface area contributed by atoms with Crippen molar-refractivity contribution in [3.05, 3.63) is 12.2 Å². The average molecular weight is 261 g/mol. The van der Waals surface area contributed by atoms with Crippen molar-refractivity contribution in [3.8, 4) is 0 Å². The molecule has 0 aliphatic heterocycles. The Bertz CT molecular complexity index is 290. The van der Waals surface area contributed by atoms with Crippen molar-refractivity contribution >= 4 is 22.8 Å². The molecule has 1 N–H and O–H groups in total. The first-order valence-electron chi connectivity index (χ1n) is 5.65. The number of halogens is 1. The van der Waals surface area contributed by atoms with Crippen LogP contribution < -0.4 is 5.32 Å². The lowest BCUT2D eigenvalue weighted by Crippen LogP contribution is -2.29. The highest BCUT2D eigenvalue weighted by molar-refractivity contribution is 8.13. The zero-order valence-electron chi connectivity index (χ0n) is 10.6. The predicted octanol–water partition coefficient (Wildman–Crippen LogP) is 2.47. The zero-order chi connectivity index (χ0) is 13.3. The zero-order valence-corrected chi connectivity index (χ0v) is 11.4. The molecule has 0 spiro atoms. The van der Waals surface area contributed by atoms with E-state index in [1.807, 2.05) is 13.0 Å². The van der Waals surface area contributed by atoms with Crippen LogP contribution in [0.1, 0.15) is 33.6 Å². The number of hydrogen-bond acceptors (Lipinski definition) is 3. The minimum Gasteiger partial charge on any atom is -0.356 e. The number of nitrogens with one attached hydrogen (secondary N) is 1. The fraction of sp³-hybridized carbons (Fsp3) is 0.667. The summed E-state index contributed by atoms with van der Waals surface area (Å²) in [5, 5.41) is 2.07. The lowest BCUT2D eigenvalue weighted by Gasteiger charge is -2.16. The van der Waals surface area contributed by atoms with Crippen LogP contribution in [0.15, 0.2) is 12.2 Å². The second-order valence-corrected chi connectivity index (χ2v) is 4.97. The molecule has 1 amide bonds. The lowest BCUT2D eigenvalue weighted by molar-refractivity contribution is -0.120. The van der Waals surface area contributed by atoms with Crippen LogP contribution in [0.4, 0.5) is 4.39 Å². The third-order valence-corrected chi connectivity index (χ3v) is 3.13. The monoisotopic (exact) mass is 261 g/mol. The molecule has 0 aromatic carbocycles. The van der Waals surface area contributed by atoms with Gasteiger partial charge in [-0.05, 0) is 13.3 Å². The number of allylic oxidation sites excluding steroid dienone is 2. The van der Waals surface area contributed by atoms with Crippen LogP contribution in [-0.2, 0) is 9.59 Å². The largest absolute Gasteiger partial charge is 0.356 e. The summed E-state index contributed by atoms with van der Waals surface area (Å²) in [6.45, 7) is 5.03. The quantitative estimate of drug-likeness (QED) is 0.565. The van der Waals surface area contributed by atoms with Crippen molar-refractivity contribution in [1.82, 2.24) is 5.32 Å². The Labute approximate surface area is 106 Å². The van der Waals surface area contributed by atoms with Gasteiger partial charge in [0.2, 0.25) is 11.0 Å². The molecule has 0 bridgehead atoms. The SMILES string of the molecule is CC/C=C/C[C@@](C)(F)C(=O)SCCNC(C)=O. The van der Waals surface area contributed by atoms with E-state index >= 15 is 0 Å². The maximum Gasteiger partial charge on any atom is 0.226 e. The molecule has 0 aromatic heterocycles. The minimum absolute atomic E-state index is 0.104. The number of hydrogen-bond donors (Lipinski definition) is 1. The summed E-state index contributed by atoms with van der Waals surface area (Å²) in [7, 11) is 0. The van der Waals surface area contributed by atoms with Crippen LogP contribution in [0.5, 0.6) is 0 Å². The van der Waals surface area contributed by atoms with Crippen LogP contribution in [0.3, 0.4) is 0 Å². The number of amides is 1. The van der Waals surface area contributed by atoms with E-state index in [2.05, 4.69) is 5.32 Å². The summed E-state index contributed by atoms with van der Waals surface area (Å²) in [6, 6.07) is 0. The molecule has 17 heavy (non-hydrogen) atoms. The number of alkyl halides is 1. The Kier molecular flexibility index (Phi) is 7.87. The van der Waals surface area contributed by atoms with Gasteiger partial charge in [0.15, 0.2) is 5.67 Å². The maximum absolute atomic E-state index is 13.9. The Hall–Kier alpha value is -0.840. The van der Waals surface area contributed by atoms with Gasteiger partial charge in [-0.15, -0.1) is 0 Å². The topological polar surface area (TPSA) is 46.2 Å². The van der Waals surface area contributed by atoms with E-state index in [0.29, 0.717) is 12.3 Å². The summed E-state index contributed by atoms with van der Waals surface area (Å²) in [5.41, 5.74) is -1.83. The Morgan fingerprint density at radius 2 is 2.06 bits per heavy atom. The van der Waals surface area contributed by atoms with Crippen LogP contribution in [0.25, 0.3) is 0 Å². The highest BCUT2D eigenvalue weighted by Crippen LogP contribution is 2.24. The molecule has 0 radical (unpaired) electrons. The van der Waals surface area contributed by atoms with Gasteiger partial charge in [-0.3, -0.25) is 9.59 Å². The Morgan fingerprint density at radius 1 is 1.41 bits per heavy atom. The Morgan fingerprint density at radius 3 is 2.59 bits per heavy atom. The number of carbonyl (C=O) groups excluding carboxylic acids is 2. The molecule has 5 heteroatoms. The van der Waals surface area contributed by atoms with Crippen molar-refractivity contribution in [2.24, 2.45) is 0 Å². The molecule has 0 saturated carbocycles. The fourth-order valence-electron chi connectivity index (χ4n) is 1.08. The van der Waals surface area contributed by atoms with Gasteiger partial charge in [0.25, 0.3) is 0 Å². The molecule has 0 fully saturated rings. The van der Waals surface area contributed by atoms with Gasteiger partial charge in [-0.25, -0.2) is 4.39 Å². The molecule has 3 nitrogen and oxygen atoms in total. The second kappa shape index (κ2) is 8.28. The highest BCUT2D eigenvalue weighted by Gasteiger charge is 2.31. The summed E-state index contributed by atoms with van der Waals surface area (Å²) >= 11 is 0.921. The van der Waals surface area contributed by atoms with Gasteiger partial charge in [0.1, 0.15) is 0 Å². The summed E-state index contributed by atoms with van der Waals surface area (Å²) < 4.78 is 13.9. The van der Waals surface area contributed by atoms with Crippen LogP contribution in [-0.4, -0.2) is 29.0 Å². The first-order valence-corrected chi connectivity index (χ1v) is 6.64. The molecular weight excluding hydrogens is 241 g/mol. The second-order valence-electron chi connectivity index (χ2n) is 3.90. The van der Waals surface area contributed by atoms with Gasteiger partial charge >= 0.3 is 0 Å². The number of rotatable bonds is 7. The van der Waals surface area contributed by atoms with E-state index in [1.54, 1.807) is 6.08 Å². The average Bonchev–Trinajstić information content (AvgIpc) is 2.24. The summed E-state index contributed by atoms with van der Waals surface area (Å²) in [4.78, 5) is 22.1. The third-order valence-electron chi connectivity index (χ3n) is 2.04. The van der Waals surface area contributed by atoms with E-state index in [1.165, 1.54) is 13.8 Å². The molecule has 0 unspecified atom stereocenters. The van der Waals surface area contributed by atoms with Crippen molar-refractivity contribution in [3.63, 3.8) is 0 Å². The van der Waals surface area contributed by atoms with E-state index in [9.17, 15) is 14.0 Å². The van der Waals surface area contributed by atoms with E-state index in [4.69, 9.17) is 0 Å². The highest BCUT2D eigenvalue weighted by atomic mass is 32.2. The normalized spacial score (nSPS) is 14.6. The predicted molar refractivity (Wildman–Crippen MR) is 69.7 cm³/mol. The van der Waals surface area contributed by atoms with Crippen LogP contribution in [0, 0.1) is 0 Å². The molecule has 1 atom stereocenters. The van der Waals surface area contributed by atoms with Gasteiger partial charge in [0, 0.05) is 25.6 Å². The maximum atomic E-state index is 13.9. The molecule has 0 aliphatic carbocycles. The molecule has 0 rings (SSSR count). The smallest absolute Gasteiger partial charge is 0.226 e. The molecular formula is C12H20FNO2S. The van der Waals surface area contributed by atoms with Crippen molar-refractivity contribution < 1.29 is 14.0 Å². The van der Waals surface area contributed by atoms with Crippen LogP contribution >= 0.6 is 11.8 Å². The van der Waals surface area contributed by atoms with Gasteiger partial charge in [0.05, 0.1) is 0 Å². The minimum atomic E-state index is -1.83. The molecule has 0 heterocycles. The molecule has 0 aliphatic rings. The van der Waals surface area contributed by atoms with E-state index in [-0.39, 0.29) is 12.3 Å². The van der Waals surface area contributed by atoms with Crippen molar-refractivity contribution in [1.29, 1.82) is 0 Å². The Balaban J connectivity index is 3.94. The van der Waals surface area contributed by atoms with Crippen molar-refractivity contribution in [2.45, 2.75) is 39.3 Å². The first-order chi connectivity index (χ1) is 7.90. The van der Waals surface area contributed by atoms with E-state index in [0.717, 1.165) is 18.2 Å². The summed E-state index contributed by atoms with van der Waals surface area (Å²) in [5.74, 6) is 0.252. The van der Waals surface area contributed by atoms with Gasteiger partial charge in [-0.2, -0.15) is 0 Å². The standard InChI is InChI=1S/C12H20FNO2S/c1-4-5-6-7-12(3,13)11(16)17-9-8-14-10(2)15/h5-6H,4,7-9H2,1-3H3,(H,14,15)/b6-5+/t12-/m1/s1.